The number of rotatable bonds is 11. The van der Waals surface area contributed by atoms with Gasteiger partial charge < -0.3 is 35.1 Å². The fraction of sp³-hybridized carbons (Fsp3) is 0.500. The minimum Gasteiger partial charge on any atom is -0.479 e. The van der Waals surface area contributed by atoms with Gasteiger partial charge in [0.05, 0.1) is 26.1 Å². The summed E-state index contributed by atoms with van der Waals surface area (Å²) in [7, 11) is -2.92. The number of hydrogen-bond donors (Lipinski definition) is 3. The molecule has 1 saturated heterocycles. The molecule has 226 valence electrons. The highest BCUT2D eigenvalue weighted by atomic mass is 31.2. The lowest BCUT2D eigenvalue weighted by atomic mass is 9.98. The second-order valence-corrected chi connectivity index (χ2v) is 11.3. The molecular formula is C24H34FN6O9P. The smallest absolute Gasteiger partial charge is 0.459 e. The van der Waals surface area contributed by atoms with Crippen LogP contribution in [0, 0.1) is 0 Å². The molecule has 17 heteroatoms. The number of para-hydroxylation sites is 1. The molecule has 3 heterocycles. The lowest BCUT2D eigenvalue weighted by molar-refractivity contribution is -0.149. The molecule has 1 aliphatic rings. The number of hydrogen-bond acceptors (Lipinski definition) is 12. The number of ether oxygens (including phenoxy) is 3. The van der Waals surface area contributed by atoms with E-state index >= 15 is 4.39 Å². The molecule has 1 fully saturated rings. The number of benzene rings is 1. The summed E-state index contributed by atoms with van der Waals surface area (Å²) in [4.78, 5) is 24.6. The Labute approximate surface area is 235 Å². The van der Waals surface area contributed by atoms with Crippen molar-refractivity contribution in [2.45, 2.75) is 63.9 Å². The van der Waals surface area contributed by atoms with Crippen LogP contribution in [0.25, 0.3) is 11.2 Å². The number of nitrogen functional groups attached to an aromatic ring is 1. The van der Waals surface area contributed by atoms with E-state index in [4.69, 9.17) is 29.0 Å². The average molecular weight is 601 g/mol. The van der Waals surface area contributed by atoms with Gasteiger partial charge in [-0.25, -0.2) is 13.9 Å². The summed E-state index contributed by atoms with van der Waals surface area (Å²) in [6.07, 6.45) is -3.63. The minimum atomic E-state index is -4.29. The van der Waals surface area contributed by atoms with Crippen molar-refractivity contribution in [3.63, 3.8) is 0 Å². The maximum absolute atomic E-state index is 15.9. The van der Waals surface area contributed by atoms with Gasteiger partial charge in [0.2, 0.25) is 11.8 Å². The van der Waals surface area contributed by atoms with Gasteiger partial charge in [-0.3, -0.25) is 13.9 Å². The quantitative estimate of drug-likeness (QED) is 0.211. The highest BCUT2D eigenvalue weighted by Crippen LogP contribution is 2.48. The standard InChI is InChI=1S/C24H32FN6O8P.H2O/c1-13(2)37-21(33)14(3)30-40(34,39-15-9-7-6-8-10-15)36-11-16-18(32)24(4,25)22(38-16)31-12-27-17-19(31)28-23(26)29-20(17)35-5;/h6-10,12-14,16,18,22,32H,11H2,1-5H3,(H,30,34)(H2,26,28,29);1H2/t14-,16?,18?,22+,24+,40?;/m0./s1. The molecule has 15 nitrogen and oxygen atoms in total. The summed E-state index contributed by atoms with van der Waals surface area (Å²) in [6.45, 7) is 5.33. The number of halogens is 1. The molecule has 0 saturated carbocycles. The first-order valence-corrected chi connectivity index (χ1v) is 13.9. The Morgan fingerprint density at radius 1 is 1.29 bits per heavy atom. The minimum absolute atomic E-state index is 0. The lowest BCUT2D eigenvalue weighted by Gasteiger charge is -2.25. The van der Waals surface area contributed by atoms with Gasteiger partial charge in [0.15, 0.2) is 23.1 Å². The Balaban J connectivity index is 0.00000462. The van der Waals surface area contributed by atoms with E-state index in [1.54, 1.807) is 32.0 Å². The molecule has 6 atom stereocenters. The predicted molar refractivity (Wildman–Crippen MR) is 144 cm³/mol. The van der Waals surface area contributed by atoms with Crippen LogP contribution in [0.5, 0.6) is 11.6 Å². The number of carbonyl (C=O) groups is 1. The fourth-order valence-electron chi connectivity index (χ4n) is 4.08. The second kappa shape index (κ2) is 12.6. The van der Waals surface area contributed by atoms with Crippen LogP contribution in [0.3, 0.4) is 0 Å². The van der Waals surface area contributed by atoms with Gasteiger partial charge in [-0.05, 0) is 39.8 Å². The van der Waals surface area contributed by atoms with Gasteiger partial charge in [-0.2, -0.15) is 15.1 Å². The first-order valence-electron chi connectivity index (χ1n) is 12.4. The highest BCUT2D eigenvalue weighted by Gasteiger charge is 2.56. The molecule has 6 N–H and O–H groups in total. The number of methoxy groups -OCH3 is 1. The molecule has 0 bridgehead atoms. The summed E-state index contributed by atoms with van der Waals surface area (Å²) in [5.41, 5.74) is 3.71. The van der Waals surface area contributed by atoms with Crippen molar-refractivity contribution in [2.24, 2.45) is 0 Å². The SMILES string of the molecule is COc1nc(N)nc2c1ncn2[C@@H]1OC(COP(=O)(N[C@@H](C)C(=O)OC(C)C)Oc2ccccc2)C(O)[C@@]1(C)F.O. The summed E-state index contributed by atoms with van der Waals surface area (Å²) in [5, 5.41) is 13.4. The Morgan fingerprint density at radius 3 is 2.61 bits per heavy atom. The number of aliphatic hydroxyl groups is 1. The van der Waals surface area contributed by atoms with E-state index in [0.29, 0.717) is 0 Å². The third kappa shape index (κ3) is 6.92. The summed E-state index contributed by atoms with van der Waals surface area (Å²) in [5.74, 6) is -0.566. The largest absolute Gasteiger partial charge is 0.479 e. The van der Waals surface area contributed by atoms with E-state index in [9.17, 15) is 14.5 Å². The number of carbonyl (C=O) groups excluding carboxylic acids is 1. The molecule has 4 rings (SSSR count). The molecular weight excluding hydrogens is 566 g/mol. The highest BCUT2D eigenvalue weighted by molar-refractivity contribution is 7.52. The third-order valence-electron chi connectivity index (χ3n) is 6.00. The molecule has 0 spiro atoms. The summed E-state index contributed by atoms with van der Waals surface area (Å²) >= 11 is 0. The second-order valence-electron chi connectivity index (χ2n) is 9.57. The maximum Gasteiger partial charge on any atom is 0.459 e. The van der Waals surface area contributed by atoms with Crippen molar-refractivity contribution in [3.8, 4) is 11.6 Å². The summed E-state index contributed by atoms with van der Waals surface area (Å²) < 4.78 is 58.3. The van der Waals surface area contributed by atoms with E-state index in [-0.39, 0.29) is 34.2 Å². The first-order chi connectivity index (χ1) is 18.8. The van der Waals surface area contributed by atoms with Gasteiger partial charge in [0.25, 0.3) is 0 Å². The number of fused-ring (bicyclic) bond motifs is 1. The Bertz CT molecular complexity index is 1390. The number of anilines is 1. The van der Waals surface area contributed by atoms with E-state index in [1.165, 1.54) is 37.1 Å². The van der Waals surface area contributed by atoms with Crippen molar-refractivity contribution < 1.29 is 47.6 Å². The molecule has 3 aromatic rings. The number of nitrogens with one attached hydrogen (secondary N) is 1. The van der Waals surface area contributed by atoms with Gasteiger partial charge in [-0.15, -0.1) is 0 Å². The van der Waals surface area contributed by atoms with Crippen LogP contribution in [0.1, 0.15) is 33.9 Å². The Morgan fingerprint density at radius 2 is 1.98 bits per heavy atom. The zero-order valence-electron chi connectivity index (χ0n) is 23.1. The normalized spacial score (nSPS) is 24.4. The number of nitrogens with two attached hydrogens (primary N) is 1. The van der Waals surface area contributed by atoms with Crippen LogP contribution >= 0.6 is 7.75 Å². The van der Waals surface area contributed by atoms with Crippen molar-refractivity contribution in [1.29, 1.82) is 0 Å². The first kappa shape index (κ1) is 32.1. The van der Waals surface area contributed by atoms with Gasteiger partial charge in [-0.1, -0.05) is 18.2 Å². The molecule has 41 heavy (non-hydrogen) atoms. The zero-order valence-corrected chi connectivity index (χ0v) is 23.9. The van der Waals surface area contributed by atoms with Crippen LogP contribution in [-0.4, -0.2) is 79.8 Å². The summed E-state index contributed by atoms with van der Waals surface area (Å²) in [6, 6.07) is 7.02. The molecule has 3 unspecified atom stereocenters. The van der Waals surface area contributed by atoms with Gasteiger partial charge >= 0.3 is 13.7 Å². The number of aliphatic hydroxyl groups excluding tert-OH is 1. The van der Waals surface area contributed by atoms with Crippen LogP contribution < -0.4 is 20.1 Å². The van der Waals surface area contributed by atoms with Crippen LogP contribution in [0.4, 0.5) is 10.3 Å². The van der Waals surface area contributed by atoms with Crippen molar-refractivity contribution >= 4 is 30.8 Å². The number of nitrogens with zero attached hydrogens (tertiary/aromatic N) is 4. The lowest BCUT2D eigenvalue weighted by Crippen LogP contribution is -2.41. The van der Waals surface area contributed by atoms with Gasteiger partial charge in [0, 0.05) is 0 Å². The average Bonchev–Trinajstić information content (AvgIpc) is 3.40. The van der Waals surface area contributed by atoms with Crippen LogP contribution in [-0.2, 0) is 23.4 Å². The van der Waals surface area contributed by atoms with Gasteiger partial charge in [0.1, 0.15) is 24.0 Å². The van der Waals surface area contributed by atoms with E-state index in [1.807, 2.05) is 0 Å². The predicted octanol–water partition coefficient (Wildman–Crippen LogP) is 1.71. The van der Waals surface area contributed by atoms with Crippen molar-refractivity contribution in [1.82, 2.24) is 24.6 Å². The number of alkyl halides is 1. The molecule has 1 aromatic carbocycles. The van der Waals surface area contributed by atoms with E-state index in [2.05, 4.69) is 20.0 Å². The molecule has 0 aliphatic carbocycles. The Hall–Kier alpha value is -3.40. The number of esters is 1. The molecule has 2 aromatic heterocycles. The van der Waals surface area contributed by atoms with E-state index < -0.39 is 56.6 Å². The maximum atomic E-state index is 15.9. The van der Waals surface area contributed by atoms with E-state index in [0.717, 1.165) is 6.92 Å². The molecule has 1 aliphatic heterocycles. The monoisotopic (exact) mass is 600 g/mol. The number of aromatic nitrogens is 4. The molecule has 0 radical (unpaired) electrons. The fourth-order valence-corrected chi connectivity index (χ4v) is 5.58. The van der Waals surface area contributed by atoms with Crippen molar-refractivity contribution in [2.75, 3.05) is 19.5 Å². The zero-order chi connectivity index (χ0) is 29.2. The Kier molecular flexibility index (Phi) is 9.89. The topological polar surface area (TPSA) is 214 Å². The van der Waals surface area contributed by atoms with Crippen LogP contribution in [0.15, 0.2) is 36.7 Å². The van der Waals surface area contributed by atoms with Crippen molar-refractivity contribution in [3.05, 3.63) is 36.7 Å². The third-order valence-corrected chi connectivity index (χ3v) is 7.65. The number of imidazole rings is 1. The molecule has 0 amide bonds. The van der Waals surface area contributed by atoms with Crippen LogP contribution in [0.2, 0.25) is 0 Å².